The van der Waals surface area contributed by atoms with Crippen LogP contribution in [0.5, 0.6) is 0 Å². The highest BCUT2D eigenvalue weighted by molar-refractivity contribution is 6.06. The van der Waals surface area contributed by atoms with Gasteiger partial charge in [-0.3, -0.25) is 19.7 Å². The first-order valence-electron chi connectivity index (χ1n) is 7.14. The van der Waals surface area contributed by atoms with Crippen molar-refractivity contribution >= 4 is 17.6 Å². The number of hydrogen-bond acceptors (Lipinski definition) is 6. The summed E-state index contributed by atoms with van der Waals surface area (Å²) >= 11 is 0. The number of hydrogen-bond donors (Lipinski definition) is 0. The Labute approximate surface area is 134 Å². The van der Waals surface area contributed by atoms with Gasteiger partial charge in [0.15, 0.2) is 5.41 Å². The molecule has 0 aliphatic carbocycles. The molecule has 0 N–H and O–H groups in total. The highest BCUT2D eigenvalue weighted by atomic mass is 16.6. The van der Waals surface area contributed by atoms with Crippen LogP contribution < -0.4 is 0 Å². The van der Waals surface area contributed by atoms with Gasteiger partial charge >= 0.3 is 11.9 Å². The van der Waals surface area contributed by atoms with Gasteiger partial charge in [0.05, 0.1) is 18.1 Å². The number of non-ortho nitro benzene ring substituents is 1. The molecule has 0 amide bonds. The molecule has 0 atom stereocenters. The number of carbonyl (C=O) groups excluding carboxylic acids is 2. The summed E-state index contributed by atoms with van der Waals surface area (Å²) in [6.07, 6.45) is 1.37. The van der Waals surface area contributed by atoms with E-state index < -0.39 is 22.3 Å². The van der Waals surface area contributed by atoms with Gasteiger partial charge in [0, 0.05) is 12.1 Å². The van der Waals surface area contributed by atoms with Crippen LogP contribution in [0.1, 0.15) is 25.8 Å². The number of carbonyl (C=O) groups is 2. The van der Waals surface area contributed by atoms with Crippen molar-refractivity contribution in [3.8, 4) is 0 Å². The van der Waals surface area contributed by atoms with Crippen molar-refractivity contribution in [1.82, 2.24) is 0 Å². The fourth-order valence-corrected chi connectivity index (χ4v) is 2.20. The van der Waals surface area contributed by atoms with Gasteiger partial charge in [0.2, 0.25) is 0 Å². The molecule has 7 heteroatoms. The van der Waals surface area contributed by atoms with Crippen LogP contribution in [0.3, 0.4) is 0 Å². The molecule has 0 aromatic heterocycles. The Kier molecular flexibility index (Phi) is 6.44. The molecule has 0 fully saturated rings. The van der Waals surface area contributed by atoms with Crippen molar-refractivity contribution < 1.29 is 24.0 Å². The number of nitro groups is 1. The third-order valence-corrected chi connectivity index (χ3v) is 3.27. The van der Waals surface area contributed by atoms with Gasteiger partial charge in [-0.25, -0.2) is 0 Å². The molecule has 1 aromatic carbocycles. The standard InChI is InChI=1S/C16H19NO6/c1-4-11-16(14(18)22-5-2,15(19)23-6-3)12-7-9-13(10-8-12)17(20)21/h4,7-10H,1,5-6,11H2,2-3H3. The molecular formula is C16H19NO6. The fourth-order valence-electron chi connectivity index (χ4n) is 2.20. The molecule has 23 heavy (non-hydrogen) atoms. The lowest BCUT2D eigenvalue weighted by Gasteiger charge is -2.28. The highest BCUT2D eigenvalue weighted by Crippen LogP contribution is 2.33. The first-order valence-corrected chi connectivity index (χ1v) is 7.14. The second kappa shape index (κ2) is 8.07. The summed E-state index contributed by atoms with van der Waals surface area (Å²) in [4.78, 5) is 35.2. The number of ether oxygens (including phenoxy) is 2. The molecule has 0 aliphatic heterocycles. The van der Waals surface area contributed by atoms with E-state index in [0.717, 1.165) is 0 Å². The van der Waals surface area contributed by atoms with Crippen LogP contribution in [-0.4, -0.2) is 30.1 Å². The summed E-state index contributed by atoms with van der Waals surface area (Å²) in [6.45, 7) is 7.00. The molecule has 0 spiro atoms. The Morgan fingerprint density at radius 3 is 2.00 bits per heavy atom. The third-order valence-electron chi connectivity index (χ3n) is 3.27. The van der Waals surface area contributed by atoms with Crippen molar-refractivity contribution in [3.63, 3.8) is 0 Å². The van der Waals surface area contributed by atoms with Crippen LogP contribution >= 0.6 is 0 Å². The van der Waals surface area contributed by atoms with Crippen molar-refractivity contribution in [2.75, 3.05) is 13.2 Å². The lowest BCUT2D eigenvalue weighted by molar-refractivity contribution is -0.384. The minimum absolute atomic E-state index is 0.0392. The fraction of sp³-hybridized carbons (Fsp3) is 0.375. The molecule has 0 saturated carbocycles. The zero-order valence-corrected chi connectivity index (χ0v) is 13.1. The molecule has 0 heterocycles. The molecule has 1 aromatic rings. The number of rotatable bonds is 8. The number of nitro benzene ring substituents is 1. The van der Waals surface area contributed by atoms with E-state index in [0.29, 0.717) is 0 Å². The van der Waals surface area contributed by atoms with E-state index in [4.69, 9.17) is 9.47 Å². The zero-order chi connectivity index (χ0) is 17.5. The summed E-state index contributed by atoms with van der Waals surface area (Å²) in [6, 6.07) is 5.17. The second-order valence-electron chi connectivity index (χ2n) is 4.64. The van der Waals surface area contributed by atoms with Gasteiger partial charge in [-0.15, -0.1) is 6.58 Å². The molecule has 0 saturated heterocycles. The van der Waals surface area contributed by atoms with Gasteiger partial charge in [-0.2, -0.15) is 0 Å². The Morgan fingerprint density at radius 1 is 1.17 bits per heavy atom. The monoisotopic (exact) mass is 321 g/mol. The normalized spacial score (nSPS) is 10.7. The van der Waals surface area contributed by atoms with Crippen molar-refractivity contribution in [1.29, 1.82) is 0 Å². The quantitative estimate of drug-likeness (QED) is 0.240. The molecule has 0 radical (unpaired) electrons. The second-order valence-corrected chi connectivity index (χ2v) is 4.64. The number of benzene rings is 1. The average molecular weight is 321 g/mol. The SMILES string of the molecule is C=CCC(C(=O)OCC)(C(=O)OCC)c1ccc([N+](=O)[O-])cc1. The van der Waals surface area contributed by atoms with Crippen LogP contribution in [0.15, 0.2) is 36.9 Å². The Hall–Kier alpha value is -2.70. The van der Waals surface area contributed by atoms with Crippen molar-refractivity contribution in [2.24, 2.45) is 0 Å². The van der Waals surface area contributed by atoms with Crippen molar-refractivity contribution in [2.45, 2.75) is 25.7 Å². The van der Waals surface area contributed by atoms with Gasteiger partial charge in [0.25, 0.3) is 5.69 Å². The Bertz CT molecular complexity index is 575. The molecule has 0 bridgehead atoms. The number of esters is 2. The van der Waals surface area contributed by atoms with Gasteiger partial charge in [0.1, 0.15) is 0 Å². The van der Waals surface area contributed by atoms with E-state index >= 15 is 0 Å². The van der Waals surface area contributed by atoms with Crippen LogP contribution in [0, 0.1) is 10.1 Å². The smallest absolute Gasteiger partial charge is 0.328 e. The number of nitrogens with zero attached hydrogens (tertiary/aromatic N) is 1. The lowest BCUT2D eigenvalue weighted by Crippen LogP contribution is -2.46. The Balaban J connectivity index is 3.45. The van der Waals surface area contributed by atoms with E-state index in [-0.39, 0.29) is 30.9 Å². The van der Waals surface area contributed by atoms with Gasteiger partial charge in [-0.05, 0) is 25.8 Å². The summed E-state index contributed by atoms with van der Waals surface area (Å²) in [5.74, 6) is -1.54. The van der Waals surface area contributed by atoms with Crippen LogP contribution in [-0.2, 0) is 24.5 Å². The van der Waals surface area contributed by atoms with Crippen molar-refractivity contribution in [3.05, 3.63) is 52.6 Å². The lowest BCUT2D eigenvalue weighted by atomic mass is 9.77. The van der Waals surface area contributed by atoms with Gasteiger partial charge in [-0.1, -0.05) is 18.2 Å². The predicted molar refractivity (Wildman–Crippen MR) is 82.9 cm³/mol. The van der Waals surface area contributed by atoms with Crippen LogP contribution in [0.4, 0.5) is 5.69 Å². The third kappa shape index (κ3) is 3.74. The molecular weight excluding hydrogens is 302 g/mol. The molecule has 0 aliphatic rings. The molecule has 7 nitrogen and oxygen atoms in total. The van der Waals surface area contributed by atoms with E-state index in [1.54, 1.807) is 13.8 Å². The first kappa shape index (κ1) is 18.3. The predicted octanol–water partition coefficient (Wildman–Crippen LogP) is 2.53. The van der Waals surface area contributed by atoms with E-state index in [2.05, 4.69) is 6.58 Å². The summed E-state index contributed by atoms with van der Waals surface area (Å²) in [5, 5.41) is 10.8. The summed E-state index contributed by atoms with van der Waals surface area (Å²) < 4.78 is 10.1. The minimum atomic E-state index is -1.72. The van der Waals surface area contributed by atoms with Gasteiger partial charge < -0.3 is 9.47 Å². The summed E-state index contributed by atoms with van der Waals surface area (Å²) in [5.41, 5.74) is -1.60. The maximum atomic E-state index is 12.5. The topological polar surface area (TPSA) is 95.7 Å². The van der Waals surface area contributed by atoms with E-state index in [1.165, 1.54) is 30.3 Å². The Morgan fingerprint density at radius 2 is 1.65 bits per heavy atom. The first-order chi connectivity index (χ1) is 10.9. The maximum absolute atomic E-state index is 12.5. The molecule has 1 rings (SSSR count). The number of allylic oxidation sites excluding steroid dienone is 1. The van der Waals surface area contributed by atoms with E-state index in [9.17, 15) is 19.7 Å². The highest BCUT2D eigenvalue weighted by Gasteiger charge is 2.49. The molecule has 124 valence electrons. The molecule has 0 unspecified atom stereocenters. The average Bonchev–Trinajstić information content (AvgIpc) is 2.53. The maximum Gasteiger partial charge on any atom is 0.328 e. The van der Waals surface area contributed by atoms with Crippen LogP contribution in [0.2, 0.25) is 0 Å². The van der Waals surface area contributed by atoms with E-state index in [1.807, 2.05) is 0 Å². The largest absolute Gasteiger partial charge is 0.465 e. The summed E-state index contributed by atoms with van der Waals surface area (Å²) in [7, 11) is 0. The van der Waals surface area contributed by atoms with Crippen LogP contribution in [0.25, 0.3) is 0 Å². The minimum Gasteiger partial charge on any atom is -0.465 e. The zero-order valence-electron chi connectivity index (χ0n) is 13.1.